The number of hydrogen-bond donors (Lipinski definition) is 3. The zero-order chi connectivity index (χ0) is 15.2. The Morgan fingerprint density at radius 2 is 1.90 bits per heavy atom. The van der Waals surface area contributed by atoms with Gasteiger partial charge in [0, 0.05) is 18.9 Å². The van der Waals surface area contributed by atoms with Gasteiger partial charge in [0.1, 0.15) is 4.90 Å². The van der Waals surface area contributed by atoms with E-state index in [1.165, 1.54) is 0 Å². The van der Waals surface area contributed by atoms with Crippen molar-refractivity contribution in [3.8, 4) is 0 Å². The molecule has 0 saturated heterocycles. The molecule has 1 aromatic carbocycles. The molecule has 0 atom stereocenters. The third-order valence-corrected chi connectivity index (χ3v) is 5.60. The number of nitrogens with one attached hydrogen (secondary N) is 1. The summed E-state index contributed by atoms with van der Waals surface area (Å²) in [6.45, 7) is 4.04. The molecule has 0 spiro atoms. The summed E-state index contributed by atoms with van der Waals surface area (Å²) >= 11 is 1.61. The summed E-state index contributed by atoms with van der Waals surface area (Å²) in [6.07, 6.45) is 0.724. The minimum Gasteiger partial charge on any atom is -0.397 e. The maximum atomic E-state index is 12.3. The number of rotatable bonds is 8. The molecule has 0 amide bonds. The van der Waals surface area contributed by atoms with E-state index in [4.69, 9.17) is 10.8 Å². The fourth-order valence-corrected chi connectivity index (χ4v) is 4.12. The molecular formula is C13H22N2O3S2. The molecular weight excluding hydrogens is 296 g/mol. The molecule has 4 N–H and O–H groups in total. The second-order valence-electron chi connectivity index (χ2n) is 4.53. The van der Waals surface area contributed by atoms with E-state index in [0.717, 1.165) is 17.7 Å². The first-order valence-corrected chi connectivity index (χ1v) is 9.08. The van der Waals surface area contributed by atoms with E-state index < -0.39 is 10.0 Å². The van der Waals surface area contributed by atoms with Crippen LogP contribution in [-0.4, -0.2) is 38.2 Å². The maximum Gasteiger partial charge on any atom is 0.242 e. The molecule has 0 fully saturated rings. The van der Waals surface area contributed by atoms with Gasteiger partial charge in [0.25, 0.3) is 0 Å². The summed E-state index contributed by atoms with van der Waals surface area (Å²) in [4.78, 5) is 0.179. The summed E-state index contributed by atoms with van der Waals surface area (Å²) in [5.74, 6) is 1.49. The van der Waals surface area contributed by atoms with E-state index in [2.05, 4.69) is 4.72 Å². The second-order valence-corrected chi connectivity index (χ2v) is 7.46. The fourth-order valence-electron chi connectivity index (χ4n) is 1.75. The lowest BCUT2D eigenvalue weighted by Crippen LogP contribution is -2.27. The van der Waals surface area contributed by atoms with Crippen molar-refractivity contribution in [3.63, 3.8) is 0 Å². The van der Waals surface area contributed by atoms with Crippen molar-refractivity contribution in [3.05, 3.63) is 23.3 Å². The Balaban J connectivity index is 2.68. The van der Waals surface area contributed by atoms with E-state index in [1.807, 2.05) is 6.07 Å². The van der Waals surface area contributed by atoms with Crippen molar-refractivity contribution in [1.82, 2.24) is 4.72 Å². The molecule has 114 valence electrons. The Morgan fingerprint density at radius 1 is 1.25 bits per heavy atom. The fraction of sp³-hybridized carbons (Fsp3) is 0.538. The monoisotopic (exact) mass is 318 g/mol. The Kier molecular flexibility index (Phi) is 6.81. The quantitative estimate of drug-likeness (QED) is 0.496. The number of hydrogen-bond acceptors (Lipinski definition) is 5. The lowest BCUT2D eigenvalue weighted by Gasteiger charge is -2.13. The first kappa shape index (κ1) is 17.3. The van der Waals surface area contributed by atoms with E-state index in [9.17, 15) is 8.42 Å². The minimum atomic E-state index is -3.57. The van der Waals surface area contributed by atoms with Crippen LogP contribution in [-0.2, 0) is 10.0 Å². The van der Waals surface area contributed by atoms with Gasteiger partial charge in [-0.05, 0) is 37.1 Å². The van der Waals surface area contributed by atoms with Crippen LogP contribution in [0.3, 0.4) is 0 Å². The number of sulfonamides is 1. The highest BCUT2D eigenvalue weighted by atomic mass is 32.2. The Bertz CT molecular complexity index is 545. The third-order valence-electron chi connectivity index (χ3n) is 2.86. The second kappa shape index (κ2) is 7.87. The van der Waals surface area contributed by atoms with Gasteiger partial charge in [0.2, 0.25) is 10.0 Å². The van der Waals surface area contributed by atoms with Gasteiger partial charge in [-0.25, -0.2) is 13.1 Å². The lowest BCUT2D eigenvalue weighted by molar-refractivity contribution is 0.296. The number of nitrogen functional groups attached to an aromatic ring is 1. The number of nitrogens with two attached hydrogens (primary N) is 1. The van der Waals surface area contributed by atoms with Crippen LogP contribution < -0.4 is 10.5 Å². The minimum absolute atomic E-state index is 0.164. The molecule has 1 aromatic rings. The molecule has 0 unspecified atom stereocenters. The largest absolute Gasteiger partial charge is 0.397 e. The summed E-state index contributed by atoms with van der Waals surface area (Å²) < 4.78 is 27.1. The van der Waals surface area contributed by atoms with E-state index in [-0.39, 0.29) is 11.5 Å². The van der Waals surface area contributed by atoms with Gasteiger partial charge in [0.05, 0.1) is 5.69 Å². The SMILES string of the molecule is Cc1ccc(C)c(S(=O)(=O)NCCSCCCO)c1N. The van der Waals surface area contributed by atoms with E-state index in [1.54, 1.807) is 31.7 Å². The number of thioether (sulfide) groups is 1. The molecule has 0 aliphatic rings. The van der Waals surface area contributed by atoms with Gasteiger partial charge in [0.15, 0.2) is 0 Å². The number of anilines is 1. The zero-order valence-electron chi connectivity index (χ0n) is 11.8. The zero-order valence-corrected chi connectivity index (χ0v) is 13.5. The normalized spacial score (nSPS) is 11.8. The number of aliphatic hydroxyl groups is 1. The predicted octanol–water partition coefficient (Wildman–Crippen LogP) is 1.28. The Morgan fingerprint density at radius 3 is 2.55 bits per heavy atom. The average Bonchev–Trinajstić information content (AvgIpc) is 2.38. The standard InChI is InChI=1S/C13H22N2O3S2/c1-10-4-5-11(2)13(12(10)14)20(17,18)15-6-9-19-8-3-7-16/h4-5,15-16H,3,6-9,14H2,1-2H3. The van der Waals surface area contributed by atoms with Gasteiger partial charge in [-0.1, -0.05) is 12.1 Å². The van der Waals surface area contributed by atoms with Crippen LogP contribution in [0.1, 0.15) is 17.5 Å². The number of aliphatic hydroxyl groups excluding tert-OH is 1. The van der Waals surface area contributed by atoms with Crippen molar-refractivity contribution < 1.29 is 13.5 Å². The highest BCUT2D eigenvalue weighted by Gasteiger charge is 2.20. The molecule has 1 rings (SSSR count). The predicted molar refractivity (Wildman–Crippen MR) is 84.5 cm³/mol. The summed E-state index contributed by atoms with van der Waals surface area (Å²) in [7, 11) is -3.57. The van der Waals surface area contributed by atoms with Crippen LogP contribution in [0.2, 0.25) is 0 Å². The highest BCUT2D eigenvalue weighted by molar-refractivity contribution is 7.99. The molecule has 0 heterocycles. The van der Waals surface area contributed by atoms with Crippen LogP contribution in [0.15, 0.2) is 17.0 Å². The lowest BCUT2D eigenvalue weighted by atomic mass is 10.1. The number of aryl methyl sites for hydroxylation is 2. The molecule has 0 aromatic heterocycles. The Labute approximate surface area is 125 Å². The van der Waals surface area contributed by atoms with E-state index >= 15 is 0 Å². The Hall–Kier alpha value is -0.760. The van der Waals surface area contributed by atoms with Crippen LogP contribution in [0.25, 0.3) is 0 Å². The van der Waals surface area contributed by atoms with Gasteiger partial charge >= 0.3 is 0 Å². The first-order valence-electron chi connectivity index (χ1n) is 6.44. The first-order chi connectivity index (χ1) is 9.40. The van der Waals surface area contributed by atoms with Crippen molar-refractivity contribution >= 4 is 27.5 Å². The third kappa shape index (κ3) is 4.66. The van der Waals surface area contributed by atoms with Crippen LogP contribution in [0, 0.1) is 13.8 Å². The smallest absolute Gasteiger partial charge is 0.242 e. The van der Waals surface area contributed by atoms with Crippen molar-refractivity contribution in [2.75, 3.05) is 30.4 Å². The molecule has 0 saturated carbocycles. The van der Waals surface area contributed by atoms with Crippen LogP contribution in [0.5, 0.6) is 0 Å². The number of benzene rings is 1. The molecule has 0 bridgehead atoms. The van der Waals surface area contributed by atoms with Gasteiger partial charge in [-0.15, -0.1) is 0 Å². The highest BCUT2D eigenvalue weighted by Crippen LogP contribution is 2.25. The maximum absolute atomic E-state index is 12.3. The summed E-state index contributed by atoms with van der Waals surface area (Å²) in [5, 5.41) is 8.65. The average molecular weight is 318 g/mol. The van der Waals surface area contributed by atoms with Crippen LogP contribution in [0.4, 0.5) is 5.69 Å². The van der Waals surface area contributed by atoms with Crippen LogP contribution >= 0.6 is 11.8 Å². The van der Waals surface area contributed by atoms with Crippen molar-refractivity contribution in [2.45, 2.75) is 25.2 Å². The molecule has 7 heteroatoms. The summed E-state index contributed by atoms with van der Waals surface area (Å²) in [6, 6.07) is 3.57. The topological polar surface area (TPSA) is 92.4 Å². The summed E-state index contributed by atoms with van der Waals surface area (Å²) in [5.41, 5.74) is 7.60. The van der Waals surface area contributed by atoms with Gasteiger partial charge < -0.3 is 10.8 Å². The van der Waals surface area contributed by atoms with Crippen molar-refractivity contribution in [1.29, 1.82) is 0 Å². The van der Waals surface area contributed by atoms with Gasteiger partial charge in [-0.2, -0.15) is 11.8 Å². The van der Waals surface area contributed by atoms with Crippen molar-refractivity contribution in [2.24, 2.45) is 0 Å². The molecule has 0 radical (unpaired) electrons. The molecule has 20 heavy (non-hydrogen) atoms. The molecule has 5 nitrogen and oxygen atoms in total. The van der Waals surface area contributed by atoms with E-state index in [0.29, 0.717) is 23.5 Å². The molecule has 0 aliphatic carbocycles. The molecule has 0 aliphatic heterocycles. The van der Waals surface area contributed by atoms with Gasteiger partial charge in [-0.3, -0.25) is 0 Å².